The van der Waals surface area contributed by atoms with E-state index in [2.05, 4.69) is 10.5 Å². The van der Waals surface area contributed by atoms with Crippen molar-refractivity contribution >= 4 is 23.6 Å². The van der Waals surface area contributed by atoms with Crippen molar-refractivity contribution in [3.05, 3.63) is 63.7 Å². The number of benzene rings is 2. The molecule has 2 aromatic rings. The molecule has 0 amide bonds. The van der Waals surface area contributed by atoms with E-state index in [9.17, 15) is 20.0 Å². The number of anilines is 1. The lowest BCUT2D eigenvalue weighted by Gasteiger charge is -2.01. The van der Waals surface area contributed by atoms with E-state index in [1.54, 1.807) is 0 Å². The number of carbonyl (C=O) groups is 1. The third-order valence-electron chi connectivity index (χ3n) is 2.75. The van der Waals surface area contributed by atoms with Crippen molar-refractivity contribution < 1.29 is 19.9 Å². The quantitative estimate of drug-likeness (QED) is 0.442. The molecule has 0 atom stereocenters. The van der Waals surface area contributed by atoms with Gasteiger partial charge >= 0.3 is 5.97 Å². The summed E-state index contributed by atoms with van der Waals surface area (Å²) < 4.78 is 0. The van der Waals surface area contributed by atoms with E-state index in [1.807, 2.05) is 0 Å². The fraction of sp³-hybridized carbons (Fsp3) is 0. The van der Waals surface area contributed by atoms with Gasteiger partial charge in [0.05, 0.1) is 28.5 Å². The van der Waals surface area contributed by atoms with Crippen LogP contribution < -0.4 is 5.43 Å². The van der Waals surface area contributed by atoms with Crippen molar-refractivity contribution in [1.82, 2.24) is 0 Å². The monoisotopic (exact) mass is 301 g/mol. The van der Waals surface area contributed by atoms with Gasteiger partial charge in [-0.05, 0) is 30.3 Å². The summed E-state index contributed by atoms with van der Waals surface area (Å²) in [5, 5.41) is 32.8. The Labute approximate surface area is 124 Å². The highest BCUT2D eigenvalue weighted by atomic mass is 16.6. The number of hydrogen-bond donors (Lipinski definition) is 3. The fourth-order valence-electron chi connectivity index (χ4n) is 1.62. The van der Waals surface area contributed by atoms with Gasteiger partial charge in [-0.1, -0.05) is 0 Å². The summed E-state index contributed by atoms with van der Waals surface area (Å²) in [7, 11) is 0. The zero-order valence-electron chi connectivity index (χ0n) is 11.1. The number of nitrogens with zero attached hydrogens (tertiary/aromatic N) is 2. The van der Waals surface area contributed by atoms with Gasteiger partial charge in [-0.2, -0.15) is 5.10 Å². The van der Waals surface area contributed by atoms with Gasteiger partial charge in [0.1, 0.15) is 5.75 Å². The SMILES string of the molecule is O=C(O)c1ccc(NN=Cc2ccc([N+](=O)[O-])cc2O)cc1. The van der Waals surface area contributed by atoms with Crippen molar-refractivity contribution in [3.63, 3.8) is 0 Å². The maximum absolute atomic E-state index is 10.7. The molecule has 22 heavy (non-hydrogen) atoms. The highest BCUT2D eigenvalue weighted by Crippen LogP contribution is 2.22. The minimum Gasteiger partial charge on any atom is -0.507 e. The second-order valence-corrected chi connectivity index (χ2v) is 4.25. The molecule has 0 aliphatic rings. The molecule has 0 radical (unpaired) electrons. The Balaban J connectivity index is 2.06. The third kappa shape index (κ3) is 3.57. The molecule has 112 valence electrons. The standard InChI is InChI=1S/C14H11N3O5/c18-13-7-12(17(21)22)6-3-10(13)8-15-16-11-4-1-9(2-5-11)14(19)20/h1-8,16,18H,(H,19,20). The average molecular weight is 301 g/mol. The molecule has 0 unspecified atom stereocenters. The molecule has 8 nitrogen and oxygen atoms in total. The summed E-state index contributed by atoms with van der Waals surface area (Å²) in [4.78, 5) is 20.6. The largest absolute Gasteiger partial charge is 0.507 e. The van der Waals surface area contributed by atoms with Gasteiger partial charge < -0.3 is 10.2 Å². The molecule has 0 heterocycles. The van der Waals surface area contributed by atoms with E-state index in [4.69, 9.17) is 5.11 Å². The van der Waals surface area contributed by atoms with Gasteiger partial charge in [-0.15, -0.1) is 0 Å². The topological polar surface area (TPSA) is 125 Å². The normalized spacial score (nSPS) is 10.5. The van der Waals surface area contributed by atoms with Crippen LogP contribution in [0.2, 0.25) is 0 Å². The van der Waals surface area contributed by atoms with Gasteiger partial charge in [0.2, 0.25) is 0 Å². The number of non-ortho nitro benzene ring substituents is 1. The second kappa shape index (κ2) is 6.35. The number of aromatic hydroxyl groups is 1. The number of aromatic carboxylic acids is 1. The Morgan fingerprint density at radius 2 is 1.91 bits per heavy atom. The predicted molar refractivity (Wildman–Crippen MR) is 79.4 cm³/mol. The molecule has 2 aromatic carbocycles. The first kappa shape index (κ1) is 15.0. The van der Waals surface area contributed by atoms with E-state index in [1.165, 1.54) is 42.6 Å². The van der Waals surface area contributed by atoms with Gasteiger partial charge in [0, 0.05) is 11.6 Å². The second-order valence-electron chi connectivity index (χ2n) is 4.25. The maximum Gasteiger partial charge on any atom is 0.335 e. The minimum atomic E-state index is -1.02. The molecule has 0 aliphatic heterocycles. The maximum atomic E-state index is 10.7. The van der Waals surface area contributed by atoms with Crippen molar-refractivity contribution in [2.45, 2.75) is 0 Å². The molecule has 2 rings (SSSR count). The molecule has 0 aromatic heterocycles. The molecule has 8 heteroatoms. The van der Waals surface area contributed by atoms with Crippen LogP contribution in [0.5, 0.6) is 5.75 Å². The number of phenols is 1. The van der Waals surface area contributed by atoms with E-state index in [0.29, 0.717) is 11.3 Å². The first-order valence-corrected chi connectivity index (χ1v) is 6.07. The van der Waals surface area contributed by atoms with Crippen LogP contribution in [0.15, 0.2) is 47.6 Å². The Kier molecular flexibility index (Phi) is 4.33. The Hall–Kier alpha value is -3.42. The molecular weight excluding hydrogens is 290 g/mol. The van der Waals surface area contributed by atoms with Crippen LogP contribution >= 0.6 is 0 Å². The molecule has 0 spiro atoms. The highest BCUT2D eigenvalue weighted by Gasteiger charge is 2.08. The fourth-order valence-corrected chi connectivity index (χ4v) is 1.62. The first-order chi connectivity index (χ1) is 10.5. The third-order valence-corrected chi connectivity index (χ3v) is 2.75. The average Bonchev–Trinajstić information content (AvgIpc) is 2.49. The number of nitro groups is 1. The number of hydrogen-bond acceptors (Lipinski definition) is 6. The lowest BCUT2D eigenvalue weighted by Crippen LogP contribution is -1.96. The number of nitrogens with one attached hydrogen (secondary N) is 1. The van der Waals surface area contributed by atoms with E-state index in [0.717, 1.165) is 6.07 Å². The molecule has 0 bridgehead atoms. The summed E-state index contributed by atoms with van der Waals surface area (Å²) in [6, 6.07) is 9.57. The summed E-state index contributed by atoms with van der Waals surface area (Å²) >= 11 is 0. The predicted octanol–water partition coefficient (Wildman–Crippen LogP) is 2.44. The van der Waals surface area contributed by atoms with Gasteiger partial charge in [0.15, 0.2) is 0 Å². The molecule has 0 aliphatic carbocycles. The lowest BCUT2D eigenvalue weighted by atomic mass is 10.2. The first-order valence-electron chi connectivity index (χ1n) is 6.07. The number of carboxylic acids is 1. The van der Waals surface area contributed by atoms with Gasteiger partial charge in [0.25, 0.3) is 5.69 Å². The van der Waals surface area contributed by atoms with Crippen molar-refractivity contribution in [3.8, 4) is 5.75 Å². The van der Waals surface area contributed by atoms with Crippen molar-refractivity contribution in [2.24, 2.45) is 5.10 Å². The van der Waals surface area contributed by atoms with Crippen LogP contribution in [0.25, 0.3) is 0 Å². The number of rotatable bonds is 5. The molecule has 3 N–H and O–H groups in total. The highest BCUT2D eigenvalue weighted by molar-refractivity contribution is 5.88. The van der Waals surface area contributed by atoms with Gasteiger partial charge in [-0.3, -0.25) is 15.5 Å². The number of carboxylic acid groups (broad SMARTS) is 1. The van der Waals surface area contributed by atoms with Crippen LogP contribution in [0.4, 0.5) is 11.4 Å². The molecule has 0 saturated heterocycles. The Bertz CT molecular complexity index is 741. The zero-order chi connectivity index (χ0) is 16.1. The molecule has 0 fully saturated rings. The van der Waals surface area contributed by atoms with Crippen LogP contribution in [-0.2, 0) is 0 Å². The van der Waals surface area contributed by atoms with E-state index >= 15 is 0 Å². The Morgan fingerprint density at radius 3 is 2.45 bits per heavy atom. The number of nitro benzene ring substituents is 1. The number of phenolic OH excluding ortho intramolecular Hbond substituents is 1. The lowest BCUT2D eigenvalue weighted by molar-refractivity contribution is -0.384. The summed E-state index contributed by atoms with van der Waals surface area (Å²) in [5.41, 5.74) is 3.46. The summed E-state index contributed by atoms with van der Waals surface area (Å²) in [6.07, 6.45) is 1.30. The van der Waals surface area contributed by atoms with Crippen LogP contribution in [0.3, 0.4) is 0 Å². The summed E-state index contributed by atoms with van der Waals surface area (Å²) in [5.74, 6) is -1.29. The van der Waals surface area contributed by atoms with Crippen LogP contribution in [0.1, 0.15) is 15.9 Å². The van der Waals surface area contributed by atoms with Gasteiger partial charge in [-0.25, -0.2) is 4.79 Å². The number of hydrazone groups is 1. The Morgan fingerprint density at radius 1 is 1.23 bits per heavy atom. The van der Waals surface area contributed by atoms with E-state index in [-0.39, 0.29) is 17.0 Å². The van der Waals surface area contributed by atoms with Crippen molar-refractivity contribution in [1.29, 1.82) is 0 Å². The van der Waals surface area contributed by atoms with Crippen molar-refractivity contribution in [2.75, 3.05) is 5.43 Å². The zero-order valence-corrected chi connectivity index (χ0v) is 11.1. The van der Waals surface area contributed by atoms with Crippen LogP contribution in [0, 0.1) is 10.1 Å². The summed E-state index contributed by atoms with van der Waals surface area (Å²) in [6.45, 7) is 0. The minimum absolute atomic E-state index is 0.155. The smallest absolute Gasteiger partial charge is 0.335 e. The van der Waals surface area contributed by atoms with Crippen LogP contribution in [-0.4, -0.2) is 27.3 Å². The van der Waals surface area contributed by atoms with E-state index < -0.39 is 10.9 Å². The molecular formula is C14H11N3O5. The molecule has 0 saturated carbocycles.